The van der Waals surface area contributed by atoms with Crippen LogP contribution in [0.1, 0.15) is 11.4 Å². The molecule has 0 saturated heterocycles. The van der Waals surface area contributed by atoms with E-state index in [1.165, 1.54) is 0 Å². The van der Waals surface area contributed by atoms with Gasteiger partial charge in [-0.2, -0.15) is 5.26 Å². The first-order chi connectivity index (χ1) is 5.27. The van der Waals surface area contributed by atoms with Crippen LogP contribution in [0.5, 0.6) is 0 Å². The maximum Gasteiger partial charge on any atom is 0.140 e. The number of nitrogens with zero attached hydrogens (tertiary/aromatic N) is 2. The van der Waals surface area contributed by atoms with Gasteiger partial charge in [0.2, 0.25) is 0 Å². The van der Waals surface area contributed by atoms with Crippen LogP contribution in [0.4, 0.5) is 0 Å². The Kier molecular flexibility index (Phi) is 2.42. The van der Waals surface area contributed by atoms with Crippen molar-refractivity contribution >= 4 is 11.6 Å². The molecule has 0 aliphatic carbocycles. The molecule has 3 nitrogen and oxygen atoms in total. The molecule has 0 unspecified atom stereocenters. The highest BCUT2D eigenvalue weighted by atomic mass is 35.5. The van der Waals surface area contributed by atoms with Gasteiger partial charge in [0, 0.05) is 6.54 Å². The van der Waals surface area contributed by atoms with Gasteiger partial charge in [-0.25, -0.2) is 4.98 Å². The summed E-state index contributed by atoms with van der Waals surface area (Å²) < 4.78 is 0. The fourth-order valence-corrected chi connectivity index (χ4v) is 0.872. The van der Waals surface area contributed by atoms with E-state index < -0.39 is 0 Å². The molecule has 0 spiro atoms. The van der Waals surface area contributed by atoms with Crippen LogP contribution < -0.4 is 5.73 Å². The average molecular weight is 168 g/mol. The summed E-state index contributed by atoms with van der Waals surface area (Å²) in [6.45, 7) is 0.258. The van der Waals surface area contributed by atoms with Gasteiger partial charge in [-0.05, 0) is 12.1 Å². The Morgan fingerprint density at radius 1 is 1.64 bits per heavy atom. The normalized spacial score (nSPS) is 9.18. The fourth-order valence-electron chi connectivity index (χ4n) is 0.690. The number of halogens is 1. The average Bonchev–Trinajstić information content (AvgIpc) is 2.05. The van der Waals surface area contributed by atoms with Crippen LogP contribution in [0, 0.1) is 11.3 Å². The van der Waals surface area contributed by atoms with Crippen molar-refractivity contribution in [3.8, 4) is 6.07 Å². The first-order valence-electron chi connectivity index (χ1n) is 3.03. The van der Waals surface area contributed by atoms with E-state index in [9.17, 15) is 0 Å². The molecular weight excluding hydrogens is 162 g/mol. The number of pyridine rings is 1. The van der Waals surface area contributed by atoms with Gasteiger partial charge < -0.3 is 5.73 Å². The molecule has 0 aliphatic rings. The van der Waals surface area contributed by atoms with Crippen molar-refractivity contribution in [3.05, 3.63) is 28.5 Å². The highest BCUT2D eigenvalue weighted by Crippen LogP contribution is 2.12. The molecule has 0 aromatic carbocycles. The molecule has 0 saturated carbocycles. The largest absolute Gasteiger partial charge is 0.325 e. The van der Waals surface area contributed by atoms with Crippen molar-refractivity contribution < 1.29 is 0 Å². The summed E-state index contributed by atoms with van der Waals surface area (Å²) in [4.78, 5) is 3.89. The van der Waals surface area contributed by atoms with Crippen LogP contribution in [0.2, 0.25) is 5.02 Å². The standard InChI is InChI=1S/C7H6ClN3/c8-6-2-1-5(3-9)11-7(6)4-10/h1-2H,4,10H2. The Hall–Kier alpha value is -1.11. The second kappa shape index (κ2) is 3.33. The van der Waals surface area contributed by atoms with Gasteiger partial charge in [-0.15, -0.1) is 0 Å². The molecule has 11 heavy (non-hydrogen) atoms. The van der Waals surface area contributed by atoms with Crippen molar-refractivity contribution in [2.24, 2.45) is 5.73 Å². The fraction of sp³-hybridized carbons (Fsp3) is 0.143. The van der Waals surface area contributed by atoms with Crippen LogP contribution in [0.15, 0.2) is 12.1 Å². The Morgan fingerprint density at radius 3 is 2.91 bits per heavy atom. The Balaban J connectivity index is 3.15. The Bertz CT molecular complexity index is 303. The Morgan fingerprint density at radius 2 is 2.36 bits per heavy atom. The van der Waals surface area contributed by atoms with Crippen molar-refractivity contribution in [1.82, 2.24) is 4.98 Å². The molecule has 1 rings (SSSR count). The quantitative estimate of drug-likeness (QED) is 0.681. The molecule has 1 heterocycles. The zero-order valence-corrected chi connectivity index (χ0v) is 6.47. The van der Waals surface area contributed by atoms with Gasteiger partial charge >= 0.3 is 0 Å². The highest BCUT2D eigenvalue weighted by molar-refractivity contribution is 6.31. The summed E-state index contributed by atoms with van der Waals surface area (Å²) in [6, 6.07) is 5.08. The monoisotopic (exact) mass is 167 g/mol. The molecule has 0 fully saturated rings. The summed E-state index contributed by atoms with van der Waals surface area (Å²) in [7, 11) is 0. The van der Waals surface area contributed by atoms with E-state index in [4.69, 9.17) is 22.6 Å². The van der Waals surface area contributed by atoms with Crippen LogP contribution in [0.3, 0.4) is 0 Å². The van der Waals surface area contributed by atoms with Crippen LogP contribution >= 0.6 is 11.6 Å². The summed E-state index contributed by atoms with van der Waals surface area (Å²) in [5, 5.41) is 8.96. The molecule has 4 heteroatoms. The lowest BCUT2D eigenvalue weighted by molar-refractivity contribution is 0.982. The minimum atomic E-state index is 0.258. The van der Waals surface area contributed by atoms with Crippen molar-refractivity contribution in [2.75, 3.05) is 0 Å². The number of hydrogen-bond donors (Lipinski definition) is 1. The van der Waals surface area contributed by atoms with Crippen molar-refractivity contribution in [3.63, 3.8) is 0 Å². The van der Waals surface area contributed by atoms with Gasteiger partial charge in [-0.3, -0.25) is 0 Å². The van der Waals surface area contributed by atoms with E-state index >= 15 is 0 Å². The predicted octanol–water partition coefficient (Wildman–Crippen LogP) is 1.07. The molecule has 0 bridgehead atoms. The van der Waals surface area contributed by atoms with E-state index in [0.717, 1.165) is 0 Å². The molecule has 1 aromatic rings. The number of hydrogen-bond acceptors (Lipinski definition) is 3. The first-order valence-corrected chi connectivity index (χ1v) is 3.41. The summed E-state index contributed by atoms with van der Waals surface area (Å²) in [5.74, 6) is 0. The zero-order valence-electron chi connectivity index (χ0n) is 5.71. The lowest BCUT2D eigenvalue weighted by atomic mass is 10.3. The SMILES string of the molecule is N#Cc1ccc(Cl)c(CN)n1. The lowest BCUT2D eigenvalue weighted by Gasteiger charge is -1.97. The van der Waals surface area contributed by atoms with Crippen LogP contribution in [-0.2, 0) is 6.54 Å². The highest BCUT2D eigenvalue weighted by Gasteiger charge is 2.00. The minimum Gasteiger partial charge on any atom is -0.325 e. The van der Waals surface area contributed by atoms with E-state index in [2.05, 4.69) is 4.98 Å². The third-order valence-electron chi connectivity index (χ3n) is 1.23. The molecule has 0 aliphatic heterocycles. The zero-order chi connectivity index (χ0) is 8.27. The van der Waals surface area contributed by atoms with Crippen molar-refractivity contribution in [1.29, 1.82) is 5.26 Å². The molecule has 56 valence electrons. The second-order valence-electron chi connectivity index (χ2n) is 1.94. The summed E-state index contributed by atoms with van der Waals surface area (Å²) in [6.07, 6.45) is 0. The minimum absolute atomic E-state index is 0.258. The van der Waals surface area contributed by atoms with Gasteiger partial charge in [0.1, 0.15) is 11.8 Å². The summed E-state index contributed by atoms with van der Waals surface area (Å²) in [5.41, 5.74) is 6.22. The van der Waals surface area contributed by atoms with Gasteiger partial charge in [0.25, 0.3) is 0 Å². The third-order valence-corrected chi connectivity index (χ3v) is 1.57. The number of rotatable bonds is 1. The molecule has 1 aromatic heterocycles. The first kappa shape index (κ1) is 7.99. The molecule has 0 atom stereocenters. The van der Waals surface area contributed by atoms with E-state index in [1.807, 2.05) is 6.07 Å². The van der Waals surface area contributed by atoms with Gasteiger partial charge in [-0.1, -0.05) is 11.6 Å². The molecular formula is C7H6ClN3. The maximum absolute atomic E-state index is 8.45. The maximum atomic E-state index is 8.45. The Labute approximate surface area is 69.4 Å². The molecule has 0 amide bonds. The smallest absolute Gasteiger partial charge is 0.140 e. The molecule has 2 N–H and O–H groups in total. The van der Waals surface area contributed by atoms with Gasteiger partial charge in [0.05, 0.1) is 10.7 Å². The topological polar surface area (TPSA) is 62.7 Å². The second-order valence-corrected chi connectivity index (χ2v) is 2.35. The number of nitrogens with two attached hydrogens (primary N) is 1. The lowest BCUT2D eigenvalue weighted by Crippen LogP contribution is -2.01. The number of aromatic nitrogens is 1. The van der Waals surface area contributed by atoms with Crippen LogP contribution in [0.25, 0.3) is 0 Å². The van der Waals surface area contributed by atoms with Crippen LogP contribution in [-0.4, -0.2) is 4.98 Å². The van der Waals surface area contributed by atoms with Gasteiger partial charge in [0.15, 0.2) is 0 Å². The number of nitriles is 1. The van der Waals surface area contributed by atoms with E-state index in [1.54, 1.807) is 12.1 Å². The van der Waals surface area contributed by atoms with E-state index in [0.29, 0.717) is 16.4 Å². The third kappa shape index (κ3) is 1.67. The van der Waals surface area contributed by atoms with Crippen molar-refractivity contribution in [2.45, 2.75) is 6.54 Å². The van der Waals surface area contributed by atoms with E-state index in [-0.39, 0.29) is 6.54 Å². The molecule has 0 radical (unpaired) electrons. The predicted molar refractivity (Wildman–Crippen MR) is 41.9 cm³/mol. The summed E-state index contributed by atoms with van der Waals surface area (Å²) >= 11 is 5.70.